The molecule has 2 heterocycles. The van der Waals surface area contributed by atoms with Crippen LogP contribution in [0.4, 0.5) is 10.1 Å². The van der Waals surface area contributed by atoms with Gasteiger partial charge in [0.05, 0.1) is 17.6 Å². The smallest absolute Gasteiger partial charge is 0.176 e. The van der Waals surface area contributed by atoms with Crippen LogP contribution in [0.1, 0.15) is 32.1 Å². The summed E-state index contributed by atoms with van der Waals surface area (Å²) in [5.41, 5.74) is 3.81. The Labute approximate surface area is 198 Å². The summed E-state index contributed by atoms with van der Waals surface area (Å²) in [6, 6.07) is 12.6. The molecule has 0 spiro atoms. The molecule has 1 aliphatic carbocycles. The number of hydrogen-bond acceptors (Lipinski definition) is 5. The van der Waals surface area contributed by atoms with Crippen LogP contribution < -0.4 is 10.1 Å². The molecule has 5 nitrogen and oxygen atoms in total. The SMILES string of the molecule is COc1cc(-c2ccc3nccc(NC4CCC(N5CC[C@@H](F)C5)CC4)c3c2)cc(Cl)c1O. The van der Waals surface area contributed by atoms with Gasteiger partial charge in [-0.2, -0.15) is 0 Å². The molecule has 0 unspecified atom stereocenters. The molecule has 2 aromatic carbocycles. The fourth-order valence-corrected chi connectivity index (χ4v) is 5.44. The van der Waals surface area contributed by atoms with Crippen LogP contribution in [-0.2, 0) is 0 Å². The first-order valence-corrected chi connectivity index (χ1v) is 12.0. The Morgan fingerprint density at radius 3 is 2.64 bits per heavy atom. The van der Waals surface area contributed by atoms with Gasteiger partial charge in [0.2, 0.25) is 0 Å². The van der Waals surface area contributed by atoms with Crippen molar-refractivity contribution in [2.75, 3.05) is 25.5 Å². The van der Waals surface area contributed by atoms with Gasteiger partial charge in [-0.3, -0.25) is 9.88 Å². The molecule has 2 N–H and O–H groups in total. The average molecular weight is 470 g/mol. The highest BCUT2D eigenvalue weighted by atomic mass is 35.5. The normalized spacial score (nSPS) is 23.7. The number of fused-ring (bicyclic) bond motifs is 1. The Kier molecular flexibility index (Phi) is 6.30. The molecule has 5 rings (SSSR count). The van der Waals surface area contributed by atoms with Crippen LogP contribution in [0.15, 0.2) is 42.6 Å². The van der Waals surface area contributed by atoms with Gasteiger partial charge in [0.1, 0.15) is 6.17 Å². The van der Waals surface area contributed by atoms with Crippen molar-refractivity contribution < 1.29 is 14.2 Å². The lowest BCUT2D eigenvalue weighted by Gasteiger charge is -2.35. The van der Waals surface area contributed by atoms with E-state index in [1.807, 2.05) is 24.4 Å². The van der Waals surface area contributed by atoms with Crippen molar-refractivity contribution in [3.8, 4) is 22.6 Å². The number of nitrogens with zero attached hydrogens (tertiary/aromatic N) is 2. The maximum Gasteiger partial charge on any atom is 0.176 e. The zero-order valence-electron chi connectivity index (χ0n) is 18.7. The van der Waals surface area contributed by atoms with Gasteiger partial charge < -0.3 is 15.2 Å². The molecule has 2 fully saturated rings. The fourth-order valence-electron chi connectivity index (χ4n) is 5.23. The summed E-state index contributed by atoms with van der Waals surface area (Å²) < 4.78 is 18.9. The van der Waals surface area contributed by atoms with Gasteiger partial charge in [0, 0.05) is 42.4 Å². The molecule has 3 aromatic rings. The second-order valence-corrected chi connectivity index (χ2v) is 9.54. The number of hydrogen-bond donors (Lipinski definition) is 2. The van der Waals surface area contributed by atoms with Crippen molar-refractivity contribution >= 4 is 28.2 Å². The summed E-state index contributed by atoms with van der Waals surface area (Å²) in [5.74, 6) is 0.287. The van der Waals surface area contributed by atoms with Gasteiger partial charge in [0.15, 0.2) is 11.5 Å². The van der Waals surface area contributed by atoms with Crippen LogP contribution in [0.5, 0.6) is 11.5 Å². The zero-order valence-corrected chi connectivity index (χ0v) is 19.5. The van der Waals surface area contributed by atoms with Crippen molar-refractivity contribution in [1.82, 2.24) is 9.88 Å². The summed E-state index contributed by atoms with van der Waals surface area (Å²) in [4.78, 5) is 6.87. The van der Waals surface area contributed by atoms with Crippen LogP contribution in [-0.4, -0.2) is 53.4 Å². The highest BCUT2D eigenvalue weighted by molar-refractivity contribution is 6.32. The van der Waals surface area contributed by atoms with Gasteiger partial charge in [-0.15, -0.1) is 0 Å². The van der Waals surface area contributed by atoms with E-state index in [1.54, 1.807) is 12.1 Å². The van der Waals surface area contributed by atoms with E-state index in [0.29, 0.717) is 30.8 Å². The summed E-state index contributed by atoms with van der Waals surface area (Å²) in [5, 5.41) is 15.1. The molecular formula is C26H29ClFN3O2. The Bertz CT molecular complexity index is 1150. The quantitative estimate of drug-likeness (QED) is 0.477. The number of rotatable bonds is 5. The molecule has 174 valence electrons. The number of nitrogens with one attached hydrogen (secondary N) is 1. The molecule has 33 heavy (non-hydrogen) atoms. The zero-order chi connectivity index (χ0) is 22.9. The number of anilines is 1. The molecule has 0 radical (unpaired) electrons. The van der Waals surface area contributed by atoms with Crippen LogP contribution in [0.2, 0.25) is 5.02 Å². The summed E-state index contributed by atoms with van der Waals surface area (Å²) in [6.07, 6.45) is 6.22. The highest BCUT2D eigenvalue weighted by Gasteiger charge is 2.31. The maximum atomic E-state index is 13.6. The first-order chi connectivity index (χ1) is 16.0. The molecule has 2 aliphatic rings. The second kappa shape index (κ2) is 9.35. The average Bonchev–Trinajstić information content (AvgIpc) is 3.27. The van der Waals surface area contributed by atoms with E-state index in [0.717, 1.165) is 59.9 Å². The van der Waals surface area contributed by atoms with Gasteiger partial charge >= 0.3 is 0 Å². The maximum absolute atomic E-state index is 13.6. The Balaban J connectivity index is 1.36. The molecule has 0 amide bonds. The largest absolute Gasteiger partial charge is 0.503 e. The molecule has 7 heteroatoms. The fraction of sp³-hybridized carbons (Fsp3) is 0.423. The van der Waals surface area contributed by atoms with Crippen molar-refractivity contribution in [3.63, 3.8) is 0 Å². The van der Waals surface area contributed by atoms with Crippen LogP contribution >= 0.6 is 11.6 Å². The van der Waals surface area contributed by atoms with Crippen LogP contribution in [0, 0.1) is 0 Å². The molecular weight excluding hydrogens is 441 g/mol. The number of aromatic hydroxyl groups is 1. The molecule has 1 aliphatic heterocycles. The van der Waals surface area contributed by atoms with Crippen LogP contribution in [0.25, 0.3) is 22.0 Å². The van der Waals surface area contributed by atoms with Crippen LogP contribution in [0.3, 0.4) is 0 Å². The van der Waals surface area contributed by atoms with E-state index >= 15 is 0 Å². The van der Waals surface area contributed by atoms with Crippen molar-refractivity contribution in [1.29, 1.82) is 0 Å². The van der Waals surface area contributed by atoms with Gasteiger partial charge in [-0.05, 0) is 73.6 Å². The lowest BCUT2D eigenvalue weighted by Crippen LogP contribution is -2.39. The predicted octanol–water partition coefficient (Wildman–Crippen LogP) is 6.04. The van der Waals surface area contributed by atoms with Crippen molar-refractivity contribution in [2.24, 2.45) is 0 Å². The summed E-state index contributed by atoms with van der Waals surface area (Å²) >= 11 is 6.21. The Morgan fingerprint density at radius 1 is 1.09 bits per heavy atom. The lowest BCUT2D eigenvalue weighted by molar-refractivity contribution is 0.173. The number of phenolic OH excluding ortho intramolecular Hbond substituents is 1. The number of pyridine rings is 1. The standard InChI is InChI=1S/C26H29ClFN3O2/c1-33-25-14-17(13-22(27)26(25)32)16-2-7-23-21(12-16)24(8-10-29-23)30-19-3-5-20(6-4-19)31-11-9-18(28)15-31/h2,7-8,10,12-14,18-20,32H,3-6,9,11,15H2,1H3,(H,29,30)/t18-,19?,20?/m1/s1. The number of aromatic nitrogens is 1. The number of likely N-dealkylation sites (tertiary alicyclic amines) is 1. The number of benzene rings is 2. The summed E-state index contributed by atoms with van der Waals surface area (Å²) in [7, 11) is 1.51. The minimum atomic E-state index is -0.651. The molecule has 1 atom stereocenters. The van der Waals surface area contributed by atoms with Crippen molar-refractivity contribution in [3.05, 3.63) is 47.6 Å². The lowest BCUT2D eigenvalue weighted by atomic mass is 9.90. The van der Waals surface area contributed by atoms with Gasteiger partial charge in [-0.25, -0.2) is 4.39 Å². The van der Waals surface area contributed by atoms with E-state index in [4.69, 9.17) is 16.3 Å². The highest BCUT2D eigenvalue weighted by Crippen LogP contribution is 2.39. The number of methoxy groups -OCH3 is 1. The third kappa shape index (κ3) is 4.59. The molecule has 1 saturated carbocycles. The number of ether oxygens (including phenoxy) is 1. The van der Waals surface area contributed by atoms with E-state index in [1.165, 1.54) is 7.11 Å². The Hall–Kier alpha value is -2.57. The van der Waals surface area contributed by atoms with Gasteiger partial charge in [0.25, 0.3) is 0 Å². The minimum Gasteiger partial charge on any atom is -0.503 e. The monoisotopic (exact) mass is 469 g/mol. The molecule has 1 saturated heterocycles. The topological polar surface area (TPSA) is 57.6 Å². The number of alkyl halides is 1. The van der Waals surface area contributed by atoms with E-state index in [2.05, 4.69) is 21.3 Å². The first-order valence-electron chi connectivity index (χ1n) is 11.6. The third-order valence-electron chi connectivity index (χ3n) is 7.06. The molecule has 1 aromatic heterocycles. The van der Waals surface area contributed by atoms with E-state index in [9.17, 15) is 9.50 Å². The number of phenols is 1. The second-order valence-electron chi connectivity index (χ2n) is 9.13. The number of halogens is 2. The third-order valence-corrected chi connectivity index (χ3v) is 7.35. The van der Waals surface area contributed by atoms with E-state index < -0.39 is 6.17 Å². The summed E-state index contributed by atoms with van der Waals surface area (Å²) in [6.45, 7) is 1.50. The predicted molar refractivity (Wildman–Crippen MR) is 131 cm³/mol. The van der Waals surface area contributed by atoms with Gasteiger partial charge in [-0.1, -0.05) is 17.7 Å². The van der Waals surface area contributed by atoms with E-state index in [-0.39, 0.29) is 10.8 Å². The van der Waals surface area contributed by atoms with Crippen molar-refractivity contribution in [2.45, 2.75) is 50.4 Å². The minimum absolute atomic E-state index is 0.0562. The Morgan fingerprint density at radius 2 is 1.91 bits per heavy atom. The molecule has 0 bridgehead atoms. The first kappa shape index (κ1) is 22.2.